The molecule has 1 N–H and O–H groups in total. The van der Waals surface area contributed by atoms with E-state index >= 15 is 0 Å². The maximum absolute atomic E-state index is 7.40. The molecule has 1 aliphatic rings. The Morgan fingerprint density at radius 3 is 2.36 bits per heavy atom. The van der Waals surface area contributed by atoms with Gasteiger partial charge in [0.2, 0.25) is 0 Å². The van der Waals surface area contributed by atoms with E-state index < -0.39 is 0 Å². The largest absolute Gasteiger partial charge is 0.334 e. The smallest absolute Gasteiger partial charge is 0.110 e. The van der Waals surface area contributed by atoms with Crippen molar-refractivity contribution in [1.29, 1.82) is 5.41 Å². The van der Waals surface area contributed by atoms with Gasteiger partial charge in [0.25, 0.3) is 0 Å². The second-order valence-corrected chi connectivity index (χ2v) is 2.70. The van der Waals surface area contributed by atoms with Crippen molar-refractivity contribution in [3.63, 3.8) is 0 Å². The summed E-state index contributed by atoms with van der Waals surface area (Å²) in [6.45, 7) is 7.59. The maximum atomic E-state index is 7.40. The third kappa shape index (κ3) is 1.13. The number of nitrogens with zero attached hydrogens (tertiary/aromatic N) is 2. The molecule has 0 aromatic rings. The highest BCUT2D eigenvalue weighted by Gasteiger charge is 2.19. The van der Waals surface area contributed by atoms with Crippen LogP contribution in [0, 0.1) is 5.41 Å². The summed E-state index contributed by atoms with van der Waals surface area (Å²) < 4.78 is 0. The number of hydrogen-bond acceptors (Lipinski definition) is 2. The standard InChI is InChI=1S/C8H13N3/c1-6-5-11(7(2)9)8(3)10(6)4/h5,9H,3H2,1-2,4H3. The van der Waals surface area contributed by atoms with Crippen LogP contribution in [0.1, 0.15) is 13.8 Å². The van der Waals surface area contributed by atoms with Gasteiger partial charge < -0.3 is 4.90 Å². The zero-order valence-corrected chi connectivity index (χ0v) is 7.18. The van der Waals surface area contributed by atoms with Crippen LogP contribution in [0.5, 0.6) is 0 Å². The summed E-state index contributed by atoms with van der Waals surface area (Å²) in [4.78, 5) is 3.72. The third-order valence-electron chi connectivity index (χ3n) is 1.87. The molecule has 0 atom stereocenters. The Balaban J connectivity index is 2.89. The molecule has 0 aromatic carbocycles. The minimum atomic E-state index is 0.499. The molecular weight excluding hydrogens is 138 g/mol. The average molecular weight is 151 g/mol. The summed E-state index contributed by atoms with van der Waals surface area (Å²) >= 11 is 0. The normalized spacial score (nSPS) is 17.4. The van der Waals surface area contributed by atoms with E-state index in [-0.39, 0.29) is 0 Å². The predicted octanol–water partition coefficient (Wildman–Crippen LogP) is 1.56. The topological polar surface area (TPSA) is 30.3 Å². The molecule has 0 saturated carbocycles. The number of amidine groups is 1. The quantitative estimate of drug-likeness (QED) is 0.420. The monoisotopic (exact) mass is 151 g/mol. The SMILES string of the molecule is C=C1N(C)C(C)=CN1C(C)=N. The highest BCUT2D eigenvalue weighted by molar-refractivity contribution is 5.79. The molecule has 60 valence electrons. The summed E-state index contributed by atoms with van der Waals surface area (Å²) in [6, 6.07) is 0. The van der Waals surface area contributed by atoms with Crippen molar-refractivity contribution in [3.05, 3.63) is 24.3 Å². The highest BCUT2D eigenvalue weighted by atomic mass is 15.4. The molecule has 0 aromatic heterocycles. The Hall–Kier alpha value is -1.25. The lowest BCUT2D eigenvalue weighted by atomic mass is 10.5. The van der Waals surface area contributed by atoms with Crippen molar-refractivity contribution in [2.45, 2.75) is 13.8 Å². The zero-order valence-electron chi connectivity index (χ0n) is 7.18. The molecule has 0 amide bonds. The van der Waals surface area contributed by atoms with Gasteiger partial charge in [-0.15, -0.1) is 0 Å². The molecule has 0 fully saturated rings. The molecule has 0 radical (unpaired) electrons. The molecule has 0 aliphatic carbocycles. The van der Waals surface area contributed by atoms with Crippen LogP contribution in [0.25, 0.3) is 0 Å². The van der Waals surface area contributed by atoms with Crippen molar-refractivity contribution in [2.24, 2.45) is 0 Å². The molecule has 0 bridgehead atoms. The summed E-state index contributed by atoms with van der Waals surface area (Å²) in [5, 5.41) is 7.40. The first kappa shape index (κ1) is 7.85. The molecule has 0 spiro atoms. The number of hydrogen-bond donors (Lipinski definition) is 1. The van der Waals surface area contributed by atoms with Gasteiger partial charge in [0.05, 0.1) is 0 Å². The van der Waals surface area contributed by atoms with E-state index in [1.54, 1.807) is 11.8 Å². The summed E-state index contributed by atoms with van der Waals surface area (Å²) in [5.41, 5.74) is 1.11. The Morgan fingerprint density at radius 2 is 2.18 bits per heavy atom. The van der Waals surface area contributed by atoms with E-state index in [2.05, 4.69) is 6.58 Å². The van der Waals surface area contributed by atoms with Gasteiger partial charge in [0.15, 0.2) is 0 Å². The van der Waals surface area contributed by atoms with E-state index in [0.29, 0.717) is 5.84 Å². The maximum Gasteiger partial charge on any atom is 0.110 e. The van der Waals surface area contributed by atoms with E-state index in [1.165, 1.54) is 0 Å². The van der Waals surface area contributed by atoms with Gasteiger partial charge in [-0.05, 0) is 13.8 Å². The Morgan fingerprint density at radius 1 is 1.64 bits per heavy atom. The molecule has 1 rings (SSSR count). The fraction of sp³-hybridized carbons (Fsp3) is 0.375. The fourth-order valence-electron chi connectivity index (χ4n) is 1.00. The molecule has 0 unspecified atom stereocenters. The van der Waals surface area contributed by atoms with Crippen LogP contribution in [0.4, 0.5) is 0 Å². The lowest BCUT2D eigenvalue weighted by Gasteiger charge is -2.19. The minimum absolute atomic E-state index is 0.499. The first-order valence-corrected chi connectivity index (χ1v) is 3.49. The molecule has 11 heavy (non-hydrogen) atoms. The Labute approximate surface area is 67.1 Å². The molecule has 1 heterocycles. The van der Waals surface area contributed by atoms with Crippen LogP contribution in [-0.2, 0) is 0 Å². The number of rotatable bonds is 0. The van der Waals surface area contributed by atoms with E-state index in [0.717, 1.165) is 11.5 Å². The first-order valence-electron chi connectivity index (χ1n) is 3.49. The third-order valence-corrected chi connectivity index (χ3v) is 1.87. The van der Waals surface area contributed by atoms with Gasteiger partial charge in [-0.3, -0.25) is 10.3 Å². The lowest BCUT2D eigenvalue weighted by Crippen LogP contribution is -2.23. The first-order chi connectivity index (χ1) is 5.04. The molecular formula is C8H13N3. The van der Waals surface area contributed by atoms with E-state index in [4.69, 9.17) is 5.41 Å². The predicted molar refractivity (Wildman–Crippen MR) is 45.9 cm³/mol. The fourth-order valence-corrected chi connectivity index (χ4v) is 1.00. The van der Waals surface area contributed by atoms with Crippen LogP contribution in [0.15, 0.2) is 24.3 Å². The number of nitrogens with one attached hydrogen (secondary N) is 1. The van der Waals surface area contributed by atoms with Crippen molar-refractivity contribution >= 4 is 5.84 Å². The van der Waals surface area contributed by atoms with Crippen molar-refractivity contribution in [3.8, 4) is 0 Å². The summed E-state index contributed by atoms with van der Waals surface area (Å²) in [6.07, 6.45) is 1.91. The molecule has 0 saturated heterocycles. The average Bonchev–Trinajstić information content (AvgIpc) is 2.17. The van der Waals surface area contributed by atoms with Crippen LogP contribution in [0.2, 0.25) is 0 Å². The van der Waals surface area contributed by atoms with Crippen LogP contribution in [0.3, 0.4) is 0 Å². The van der Waals surface area contributed by atoms with Crippen molar-refractivity contribution in [2.75, 3.05) is 7.05 Å². The van der Waals surface area contributed by atoms with Gasteiger partial charge in [-0.2, -0.15) is 0 Å². The van der Waals surface area contributed by atoms with Crippen LogP contribution < -0.4 is 0 Å². The highest BCUT2D eigenvalue weighted by Crippen LogP contribution is 2.21. The van der Waals surface area contributed by atoms with Gasteiger partial charge >= 0.3 is 0 Å². The van der Waals surface area contributed by atoms with E-state index in [9.17, 15) is 0 Å². The second-order valence-electron chi connectivity index (χ2n) is 2.70. The van der Waals surface area contributed by atoms with Crippen LogP contribution in [-0.4, -0.2) is 22.7 Å². The molecule has 1 aliphatic heterocycles. The minimum Gasteiger partial charge on any atom is -0.334 e. The van der Waals surface area contributed by atoms with Crippen LogP contribution >= 0.6 is 0 Å². The van der Waals surface area contributed by atoms with Crippen molar-refractivity contribution in [1.82, 2.24) is 9.80 Å². The summed E-state index contributed by atoms with van der Waals surface area (Å²) in [5.74, 6) is 1.34. The van der Waals surface area contributed by atoms with Gasteiger partial charge in [-0.25, -0.2) is 0 Å². The number of allylic oxidation sites excluding steroid dienone is 1. The Bertz CT molecular complexity index is 240. The van der Waals surface area contributed by atoms with Gasteiger partial charge in [0, 0.05) is 18.9 Å². The summed E-state index contributed by atoms with van der Waals surface area (Å²) in [7, 11) is 1.94. The van der Waals surface area contributed by atoms with Gasteiger partial charge in [-0.1, -0.05) is 6.58 Å². The second kappa shape index (κ2) is 2.42. The van der Waals surface area contributed by atoms with Crippen molar-refractivity contribution < 1.29 is 0 Å². The van der Waals surface area contributed by atoms with Gasteiger partial charge in [0.1, 0.15) is 11.7 Å². The lowest BCUT2D eigenvalue weighted by molar-refractivity contribution is 0.474. The zero-order chi connectivity index (χ0) is 8.59. The molecule has 3 nitrogen and oxygen atoms in total. The Kier molecular flexibility index (Phi) is 1.72. The van der Waals surface area contributed by atoms with E-state index in [1.807, 2.05) is 25.1 Å². The molecule has 3 heteroatoms.